The van der Waals surface area contributed by atoms with Crippen LogP contribution in [0.2, 0.25) is 0 Å². The summed E-state index contributed by atoms with van der Waals surface area (Å²) in [6.45, 7) is 0. The van der Waals surface area contributed by atoms with E-state index in [2.05, 4.69) is 0 Å². The first kappa shape index (κ1) is 11.8. The van der Waals surface area contributed by atoms with Gasteiger partial charge in [-0.1, -0.05) is 0 Å². The molecule has 0 aromatic heterocycles. The molecule has 0 heterocycles. The molecule has 5 nitrogen and oxygen atoms in total. The third-order valence-corrected chi connectivity index (χ3v) is 1.32. The summed E-state index contributed by atoms with van der Waals surface area (Å²) in [5.41, 5.74) is -0.289. The van der Waals surface area contributed by atoms with Gasteiger partial charge in [0.2, 0.25) is 0 Å². The molecule has 1 rings (SSSR count). The van der Waals surface area contributed by atoms with Crippen molar-refractivity contribution in [1.82, 2.24) is 0 Å². The molecule has 0 spiro atoms. The summed E-state index contributed by atoms with van der Waals surface area (Å²) in [5, 5.41) is 35.0. The molecule has 0 bridgehead atoms. The number of aromatic carboxylic acids is 1. The third-order valence-electron chi connectivity index (χ3n) is 1.32. The van der Waals surface area contributed by atoms with E-state index < -0.39 is 23.2 Å². The molecule has 0 saturated heterocycles. The first-order valence-corrected chi connectivity index (χ1v) is 3.00. The summed E-state index contributed by atoms with van der Waals surface area (Å²) in [6, 6.07) is 1.69. The standard InChI is InChI=1S/C7H6O5.Re/c8-4-1-3(7(11)12)2-5(9)6(4)10;/h1-2,8-10H,(H,11,12);. The molecule has 0 unspecified atom stereocenters. The second-order valence-corrected chi connectivity index (χ2v) is 2.17. The zero-order valence-electron chi connectivity index (χ0n) is 6.23. The number of hydrogen-bond acceptors (Lipinski definition) is 4. The molecule has 0 aliphatic carbocycles. The molecule has 0 aliphatic rings. The minimum Gasteiger partial charge on any atom is -0.504 e. The second kappa shape index (κ2) is 4.12. The summed E-state index contributed by atoms with van der Waals surface area (Å²) in [4.78, 5) is 10.3. The van der Waals surface area contributed by atoms with Crippen molar-refractivity contribution in [2.75, 3.05) is 0 Å². The first-order valence-electron chi connectivity index (χ1n) is 3.00. The molecular formula is C7H6O5Re. The summed E-state index contributed by atoms with van der Waals surface area (Å²) in [6.07, 6.45) is 0. The van der Waals surface area contributed by atoms with E-state index in [0.717, 1.165) is 12.1 Å². The average molecular weight is 356 g/mol. The number of rotatable bonds is 1. The van der Waals surface area contributed by atoms with E-state index in [0.29, 0.717) is 0 Å². The van der Waals surface area contributed by atoms with Gasteiger partial charge in [0.05, 0.1) is 5.56 Å². The summed E-state index contributed by atoms with van der Waals surface area (Å²) in [7, 11) is 0. The van der Waals surface area contributed by atoms with Crippen molar-refractivity contribution in [3.63, 3.8) is 0 Å². The molecule has 6 heteroatoms. The molecule has 71 valence electrons. The summed E-state index contributed by atoms with van der Waals surface area (Å²) >= 11 is 0. The van der Waals surface area contributed by atoms with E-state index in [4.69, 9.17) is 20.4 Å². The molecular weight excluding hydrogens is 350 g/mol. The van der Waals surface area contributed by atoms with E-state index in [1.807, 2.05) is 0 Å². The van der Waals surface area contributed by atoms with Gasteiger partial charge in [-0.3, -0.25) is 0 Å². The van der Waals surface area contributed by atoms with Gasteiger partial charge < -0.3 is 20.4 Å². The Kier molecular flexibility index (Phi) is 3.73. The van der Waals surface area contributed by atoms with Crippen LogP contribution in [0.5, 0.6) is 17.2 Å². The molecule has 4 N–H and O–H groups in total. The van der Waals surface area contributed by atoms with Crippen molar-refractivity contribution >= 4 is 5.97 Å². The van der Waals surface area contributed by atoms with Gasteiger partial charge in [0.1, 0.15) is 0 Å². The van der Waals surface area contributed by atoms with Gasteiger partial charge in [-0.15, -0.1) is 0 Å². The number of phenols is 3. The number of aromatic hydroxyl groups is 3. The minimum atomic E-state index is -1.29. The normalized spacial score (nSPS) is 8.92. The summed E-state index contributed by atoms with van der Waals surface area (Å²) in [5.74, 6) is -3.33. The molecule has 1 aromatic carbocycles. The molecule has 1 aromatic rings. The first-order chi connectivity index (χ1) is 5.52. The molecule has 0 saturated carbocycles. The Morgan fingerprint density at radius 1 is 1.08 bits per heavy atom. The molecule has 13 heavy (non-hydrogen) atoms. The van der Waals surface area contributed by atoms with Crippen LogP contribution in [0, 0.1) is 0 Å². The zero-order chi connectivity index (χ0) is 9.30. The van der Waals surface area contributed by atoms with Crippen molar-refractivity contribution in [1.29, 1.82) is 0 Å². The number of phenolic OH excluding ortho intramolecular Hbond substituents is 3. The van der Waals surface area contributed by atoms with Gasteiger partial charge in [0, 0.05) is 20.4 Å². The van der Waals surface area contributed by atoms with Crippen LogP contribution >= 0.6 is 0 Å². The molecule has 0 amide bonds. The van der Waals surface area contributed by atoms with Crippen LogP contribution in [-0.2, 0) is 20.4 Å². The Bertz CT molecular complexity index is 313. The number of carbonyl (C=O) groups is 1. The summed E-state index contributed by atoms with van der Waals surface area (Å²) < 4.78 is 0. The number of carboxylic acids is 1. The predicted molar refractivity (Wildman–Crippen MR) is 38.4 cm³/mol. The number of carboxylic acid groups (broad SMARTS) is 1. The molecule has 1 radical (unpaired) electrons. The smallest absolute Gasteiger partial charge is 0.335 e. The predicted octanol–water partition coefficient (Wildman–Crippen LogP) is 0.499. The fraction of sp³-hybridized carbons (Fsp3) is 0. The van der Waals surface area contributed by atoms with Crippen molar-refractivity contribution < 1.29 is 45.6 Å². The van der Waals surface area contributed by atoms with E-state index in [-0.39, 0.29) is 26.0 Å². The fourth-order valence-corrected chi connectivity index (χ4v) is 0.728. The van der Waals surface area contributed by atoms with E-state index >= 15 is 0 Å². The Labute approximate surface area is 86.9 Å². The van der Waals surface area contributed by atoms with Crippen molar-refractivity contribution in [2.24, 2.45) is 0 Å². The fourth-order valence-electron chi connectivity index (χ4n) is 0.728. The molecule has 0 aliphatic heterocycles. The SMILES string of the molecule is O=C(O)c1cc(O)c(O)c(O)c1.[Re]. The van der Waals surface area contributed by atoms with Crippen LogP contribution in [0.4, 0.5) is 0 Å². The van der Waals surface area contributed by atoms with Crippen molar-refractivity contribution in [3.8, 4) is 17.2 Å². The van der Waals surface area contributed by atoms with Gasteiger partial charge in [-0.25, -0.2) is 4.79 Å². The Morgan fingerprint density at radius 3 is 1.77 bits per heavy atom. The van der Waals surface area contributed by atoms with Gasteiger partial charge in [-0.05, 0) is 12.1 Å². The maximum atomic E-state index is 10.3. The van der Waals surface area contributed by atoms with Crippen LogP contribution in [0.1, 0.15) is 10.4 Å². The minimum absolute atomic E-state index is 0. The molecule has 0 fully saturated rings. The van der Waals surface area contributed by atoms with Gasteiger partial charge in [-0.2, -0.15) is 0 Å². The van der Waals surface area contributed by atoms with Crippen molar-refractivity contribution in [3.05, 3.63) is 17.7 Å². The van der Waals surface area contributed by atoms with Crippen LogP contribution < -0.4 is 0 Å². The van der Waals surface area contributed by atoms with Crippen molar-refractivity contribution in [2.45, 2.75) is 0 Å². The van der Waals surface area contributed by atoms with Gasteiger partial charge >= 0.3 is 5.97 Å². The van der Waals surface area contributed by atoms with Gasteiger partial charge in [0.25, 0.3) is 0 Å². The number of hydrogen-bond donors (Lipinski definition) is 4. The largest absolute Gasteiger partial charge is 0.504 e. The number of benzene rings is 1. The Hall–Kier alpha value is -1.25. The van der Waals surface area contributed by atoms with E-state index in [9.17, 15) is 4.79 Å². The monoisotopic (exact) mass is 357 g/mol. The Balaban J connectivity index is 0.00000144. The van der Waals surface area contributed by atoms with E-state index in [1.54, 1.807) is 0 Å². The van der Waals surface area contributed by atoms with Crippen LogP contribution in [0.3, 0.4) is 0 Å². The maximum Gasteiger partial charge on any atom is 0.335 e. The topological polar surface area (TPSA) is 98.0 Å². The van der Waals surface area contributed by atoms with Crippen LogP contribution in [0.25, 0.3) is 0 Å². The quantitative estimate of drug-likeness (QED) is 0.550. The van der Waals surface area contributed by atoms with Crippen LogP contribution in [0.15, 0.2) is 12.1 Å². The zero-order valence-corrected chi connectivity index (χ0v) is 8.95. The van der Waals surface area contributed by atoms with Crippen LogP contribution in [-0.4, -0.2) is 26.4 Å². The second-order valence-electron chi connectivity index (χ2n) is 2.17. The van der Waals surface area contributed by atoms with Gasteiger partial charge in [0.15, 0.2) is 17.2 Å². The average Bonchev–Trinajstić information content (AvgIpc) is 1.99. The molecule has 0 atom stereocenters. The van der Waals surface area contributed by atoms with E-state index in [1.165, 1.54) is 0 Å². The maximum absolute atomic E-state index is 10.3. The Morgan fingerprint density at radius 2 is 1.46 bits per heavy atom. The third kappa shape index (κ3) is 2.34.